The average Bonchev–Trinajstić information content (AvgIpc) is 2.60. The molecule has 0 radical (unpaired) electrons. The molecule has 0 aliphatic heterocycles. The number of imide groups is 1. The number of nitrogens with zero attached hydrogens (tertiary/aromatic N) is 1. The summed E-state index contributed by atoms with van der Waals surface area (Å²) in [5.41, 5.74) is 3.16. The number of carbonyl (C=O) groups is 2. The van der Waals surface area contributed by atoms with E-state index in [1.807, 2.05) is 24.8 Å². The number of carbonyl (C=O) groups excluding carboxylic acids is 2. The number of hydrogen-bond acceptors (Lipinski definition) is 6. The number of ether oxygens (including phenoxy) is 1. The Hall–Kier alpha value is -2.67. The van der Waals surface area contributed by atoms with Gasteiger partial charge in [-0.05, 0) is 55.1 Å². The monoisotopic (exact) mass is 388 g/mol. The summed E-state index contributed by atoms with van der Waals surface area (Å²) in [6.07, 6.45) is -0.758. The lowest BCUT2D eigenvalue weighted by Crippen LogP contribution is -2.40. The molecule has 2 amide bonds. The van der Waals surface area contributed by atoms with Crippen LogP contribution in [0.2, 0.25) is 0 Å². The molecule has 0 spiro atoms. The maximum absolute atomic E-state index is 12.1. The Morgan fingerprint density at radius 2 is 1.93 bits per heavy atom. The van der Waals surface area contributed by atoms with Gasteiger partial charge in [-0.1, -0.05) is 20.8 Å². The van der Waals surface area contributed by atoms with Crippen LogP contribution in [-0.4, -0.2) is 36.6 Å². The highest BCUT2D eigenvalue weighted by atomic mass is 16.5. The molecule has 7 heteroatoms. The Morgan fingerprint density at radius 3 is 2.54 bits per heavy atom. The number of alkyl carbamates (subject to hydrolysis) is 1. The molecule has 0 aliphatic rings. The zero-order chi connectivity index (χ0) is 20.8. The first kappa shape index (κ1) is 21.6. The SMILES string of the molecule is CCOC(=O)NC(=O)CN(CC)Cc1cc(=O)oc2cc(C)c(C(C)C)cc12. The number of nitrogens with one attached hydrogen (secondary N) is 1. The lowest BCUT2D eigenvalue weighted by molar-refractivity contribution is -0.121. The van der Waals surface area contributed by atoms with Crippen LogP contribution in [-0.2, 0) is 16.1 Å². The summed E-state index contributed by atoms with van der Waals surface area (Å²) in [5.74, 6) is -0.118. The Kier molecular flexibility index (Phi) is 7.34. The molecule has 152 valence electrons. The lowest BCUT2D eigenvalue weighted by Gasteiger charge is -2.21. The van der Waals surface area contributed by atoms with Gasteiger partial charge in [0.2, 0.25) is 5.91 Å². The fourth-order valence-corrected chi connectivity index (χ4v) is 3.19. The van der Waals surface area contributed by atoms with Crippen LogP contribution in [0.3, 0.4) is 0 Å². The predicted molar refractivity (Wildman–Crippen MR) is 107 cm³/mol. The van der Waals surface area contributed by atoms with Crippen molar-refractivity contribution in [3.8, 4) is 0 Å². The molecule has 0 bridgehead atoms. The van der Waals surface area contributed by atoms with Crippen molar-refractivity contribution in [2.24, 2.45) is 0 Å². The molecule has 0 saturated carbocycles. The highest BCUT2D eigenvalue weighted by molar-refractivity contribution is 5.92. The van der Waals surface area contributed by atoms with E-state index in [1.54, 1.807) is 6.92 Å². The minimum absolute atomic E-state index is 0.0138. The number of likely N-dealkylation sites (N-methyl/N-ethyl adjacent to an activating group) is 1. The van der Waals surface area contributed by atoms with Crippen molar-refractivity contribution in [3.05, 3.63) is 45.3 Å². The third-order valence-corrected chi connectivity index (χ3v) is 4.56. The van der Waals surface area contributed by atoms with Crippen LogP contribution in [0.1, 0.15) is 50.3 Å². The molecular formula is C21H28N2O5. The molecule has 2 rings (SSSR count). The minimum atomic E-state index is -0.758. The first-order valence-electron chi connectivity index (χ1n) is 9.51. The molecule has 0 aliphatic carbocycles. The quantitative estimate of drug-likeness (QED) is 0.732. The van der Waals surface area contributed by atoms with E-state index in [9.17, 15) is 14.4 Å². The summed E-state index contributed by atoms with van der Waals surface area (Å²) in [6.45, 7) is 11.0. The molecule has 1 heterocycles. The van der Waals surface area contributed by atoms with Crippen molar-refractivity contribution in [2.45, 2.75) is 47.1 Å². The molecule has 1 N–H and O–H groups in total. The zero-order valence-corrected chi connectivity index (χ0v) is 17.1. The van der Waals surface area contributed by atoms with E-state index >= 15 is 0 Å². The fraction of sp³-hybridized carbons (Fsp3) is 0.476. The molecule has 0 atom stereocenters. The summed E-state index contributed by atoms with van der Waals surface area (Å²) in [7, 11) is 0. The Balaban J connectivity index is 2.30. The standard InChI is InChI=1S/C21H28N2O5/c1-6-23(12-19(24)22-21(26)27-7-2)11-15-9-20(25)28-18-8-14(5)16(13(3)4)10-17(15)18/h8-10,13H,6-7,11-12H2,1-5H3,(H,22,24,26). The molecule has 7 nitrogen and oxygen atoms in total. The van der Waals surface area contributed by atoms with Crippen molar-refractivity contribution in [3.63, 3.8) is 0 Å². The molecule has 0 unspecified atom stereocenters. The average molecular weight is 388 g/mol. The number of amides is 2. The van der Waals surface area contributed by atoms with Crippen molar-refractivity contribution in [1.29, 1.82) is 0 Å². The number of hydrogen-bond donors (Lipinski definition) is 1. The van der Waals surface area contributed by atoms with Crippen molar-refractivity contribution >= 4 is 23.0 Å². The number of rotatable bonds is 7. The van der Waals surface area contributed by atoms with E-state index < -0.39 is 17.6 Å². The minimum Gasteiger partial charge on any atom is -0.450 e. The van der Waals surface area contributed by atoms with Crippen molar-refractivity contribution in [1.82, 2.24) is 10.2 Å². The van der Waals surface area contributed by atoms with Crippen LogP contribution in [0.5, 0.6) is 0 Å². The van der Waals surface area contributed by atoms with Gasteiger partial charge in [0, 0.05) is 18.0 Å². The summed E-state index contributed by atoms with van der Waals surface area (Å²) in [4.78, 5) is 37.3. The highest BCUT2D eigenvalue weighted by Crippen LogP contribution is 2.27. The largest absolute Gasteiger partial charge is 0.450 e. The Bertz CT molecular complexity index is 917. The van der Waals surface area contributed by atoms with E-state index in [0.29, 0.717) is 24.6 Å². The van der Waals surface area contributed by atoms with Crippen LogP contribution in [0.25, 0.3) is 11.0 Å². The molecule has 28 heavy (non-hydrogen) atoms. The summed E-state index contributed by atoms with van der Waals surface area (Å²) in [5, 5.41) is 3.05. The van der Waals surface area contributed by atoms with E-state index in [-0.39, 0.29) is 13.2 Å². The molecular weight excluding hydrogens is 360 g/mol. The smallest absolute Gasteiger partial charge is 0.413 e. The van der Waals surface area contributed by atoms with Gasteiger partial charge in [0.15, 0.2) is 0 Å². The van der Waals surface area contributed by atoms with Gasteiger partial charge < -0.3 is 9.15 Å². The molecule has 1 aromatic carbocycles. The zero-order valence-electron chi connectivity index (χ0n) is 17.1. The van der Waals surface area contributed by atoms with Crippen molar-refractivity contribution in [2.75, 3.05) is 19.7 Å². The Labute approximate surface area is 164 Å². The van der Waals surface area contributed by atoms with Gasteiger partial charge in [-0.25, -0.2) is 9.59 Å². The summed E-state index contributed by atoms with van der Waals surface area (Å²) in [6, 6.07) is 5.41. The van der Waals surface area contributed by atoms with Gasteiger partial charge in [-0.15, -0.1) is 0 Å². The molecule has 0 saturated heterocycles. The van der Waals surface area contributed by atoms with E-state index in [1.165, 1.54) is 11.6 Å². The van der Waals surface area contributed by atoms with Gasteiger partial charge in [0.25, 0.3) is 0 Å². The lowest BCUT2D eigenvalue weighted by atomic mass is 9.95. The summed E-state index contributed by atoms with van der Waals surface area (Å²) >= 11 is 0. The van der Waals surface area contributed by atoms with Crippen LogP contribution < -0.4 is 10.9 Å². The van der Waals surface area contributed by atoms with Crippen LogP contribution in [0.15, 0.2) is 27.4 Å². The molecule has 0 fully saturated rings. The second-order valence-corrected chi connectivity index (χ2v) is 7.02. The first-order chi connectivity index (χ1) is 13.2. The van der Waals surface area contributed by atoms with Gasteiger partial charge >= 0.3 is 11.7 Å². The Morgan fingerprint density at radius 1 is 1.21 bits per heavy atom. The third kappa shape index (κ3) is 5.42. The van der Waals surface area contributed by atoms with Crippen LogP contribution in [0.4, 0.5) is 4.79 Å². The van der Waals surface area contributed by atoms with Gasteiger partial charge in [-0.2, -0.15) is 0 Å². The number of benzene rings is 1. The summed E-state index contributed by atoms with van der Waals surface area (Å²) < 4.78 is 10.1. The van der Waals surface area contributed by atoms with Gasteiger partial charge in [-0.3, -0.25) is 15.0 Å². The normalized spacial score (nSPS) is 11.2. The first-order valence-corrected chi connectivity index (χ1v) is 9.51. The highest BCUT2D eigenvalue weighted by Gasteiger charge is 2.16. The van der Waals surface area contributed by atoms with Crippen molar-refractivity contribution < 1.29 is 18.7 Å². The van der Waals surface area contributed by atoms with E-state index in [0.717, 1.165) is 16.5 Å². The second-order valence-electron chi connectivity index (χ2n) is 7.02. The maximum Gasteiger partial charge on any atom is 0.413 e. The topological polar surface area (TPSA) is 88.9 Å². The second kappa shape index (κ2) is 9.50. The van der Waals surface area contributed by atoms with Crippen LogP contribution in [0, 0.1) is 6.92 Å². The van der Waals surface area contributed by atoms with E-state index in [4.69, 9.17) is 9.15 Å². The number of aryl methyl sites for hydroxylation is 1. The molecule has 1 aromatic heterocycles. The van der Waals surface area contributed by atoms with Gasteiger partial charge in [0.1, 0.15) is 5.58 Å². The fourth-order valence-electron chi connectivity index (χ4n) is 3.19. The van der Waals surface area contributed by atoms with Gasteiger partial charge in [0.05, 0.1) is 13.2 Å². The van der Waals surface area contributed by atoms with Crippen LogP contribution >= 0.6 is 0 Å². The van der Waals surface area contributed by atoms with E-state index in [2.05, 4.69) is 25.2 Å². The predicted octanol–water partition coefficient (Wildman–Crippen LogP) is 3.32. The number of fused-ring (bicyclic) bond motifs is 1. The molecule has 2 aromatic rings. The maximum atomic E-state index is 12.1. The third-order valence-electron chi connectivity index (χ3n) is 4.56.